The first-order chi connectivity index (χ1) is 7.83. The standard InChI is InChI=1S/C12H8FNO2/c13-10-3-9(5-14-6-10)8-1-2-11-12(4-8)16-7-15-11/h1-6H,7H2. The molecule has 0 saturated carbocycles. The molecule has 0 unspecified atom stereocenters. The molecule has 0 N–H and O–H groups in total. The van der Waals surface area contributed by atoms with Crippen LogP contribution in [0.2, 0.25) is 0 Å². The monoisotopic (exact) mass is 217 g/mol. The smallest absolute Gasteiger partial charge is 0.231 e. The van der Waals surface area contributed by atoms with Gasteiger partial charge in [-0.2, -0.15) is 0 Å². The molecule has 1 aliphatic heterocycles. The Hall–Kier alpha value is -2.10. The maximum absolute atomic E-state index is 13.0. The van der Waals surface area contributed by atoms with Crippen molar-refractivity contribution in [2.45, 2.75) is 0 Å². The van der Waals surface area contributed by atoms with Gasteiger partial charge in [-0.1, -0.05) is 6.07 Å². The van der Waals surface area contributed by atoms with Crippen molar-refractivity contribution >= 4 is 0 Å². The Morgan fingerprint density at radius 1 is 1.00 bits per heavy atom. The van der Waals surface area contributed by atoms with Gasteiger partial charge >= 0.3 is 0 Å². The van der Waals surface area contributed by atoms with Gasteiger partial charge in [-0.15, -0.1) is 0 Å². The van der Waals surface area contributed by atoms with E-state index in [1.54, 1.807) is 6.20 Å². The van der Waals surface area contributed by atoms with E-state index in [2.05, 4.69) is 4.98 Å². The number of aromatic nitrogens is 1. The van der Waals surface area contributed by atoms with E-state index < -0.39 is 0 Å². The van der Waals surface area contributed by atoms with Crippen molar-refractivity contribution in [1.29, 1.82) is 0 Å². The molecule has 0 atom stereocenters. The molecule has 4 heteroatoms. The highest BCUT2D eigenvalue weighted by atomic mass is 19.1. The summed E-state index contributed by atoms with van der Waals surface area (Å²) in [5.74, 6) is 1.05. The Kier molecular flexibility index (Phi) is 1.99. The van der Waals surface area contributed by atoms with E-state index >= 15 is 0 Å². The van der Waals surface area contributed by atoms with Crippen LogP contribution in [0, 0.1) is 5.82 Å². The maximum Gasteiger partial charge on any atom is 0.231 e. The molecule has 2 aromatic rings. The van der Waals surface area contributed by atoms with E-state index in [9.17, 15) is 4.39 Å². The zero-order valence-electron chi connectivity index (χ0n) is 8.31. The summed E-state index contributed by atoms with van der Waals surface area (Å²) < 4.78 is 23.5. The Balaban J connectivity index is 2.07. The van der Waals surface area contributed by atoms with Gasteiger partial charge in [0.25, 0.3) is 0 Å². The summed E-state index contributed by atoms with van der Waals surface area (Å²) in [6.45, 7) is 0.236. The maximum atomic E-state index is 13.0. The summed E-state index contributed by atoms with van der Waals surface area (Å²) >= 11 is 0. The largest absolute Gasteiger partial charge is 0.454 e. The van der Waals surface area contributed by atoms with E-state index in [0.29, 0.717) is 11.5 Å². The SMILES string of the molecule is Fc1cncc(-c2ccc3c(c2)OCO3)c1. The molecule has 0 fully saturated rings. The fraction of sp³-hybridized carbons (Fsp3) is 0.0833. The number of fused-ring (bicyclic) bond motifs is 1. The average Bonchev–Trinajstić information content (AvgIpc) is 2.75. The molecular weight excluding hydrogens is 209 g/mol. The number of pyridine rings is 1. The molecule has 3 rings (SSSR count). The van der Waals surface area contributed by atoms with Gasteiger partial charge < -0.3 is 9.47 Å². The lowest BCUT2D eigenvalue weighted by Gasteiger charge is -2.02. The quantitative estimate of drug-likeness (QED) is 0.735. The molecule has 0 aliphatic carbocycles. The minimum absolute atomic E-state index is 0.236. The van der Waals surface area contributed by atoms with Crippen LogP contribution in [0.3, 0.4) is 0 Å². The number of hydrogen-bond donors (Lipinski definition) is 0. The number of ether oxygens (including phenoxy) is 2. The third kappa shape index (κ3) is 1.48. The van der Waals surface area contributed by atoms with Gasteiger partial charge in [0, 0.05) is 11.8 Å². The average molecular weight is 217 g/mol. The van der Waals surface area contributed by atoms with E-state index in [0.717, 1.165) is 11.1 Å². The highest BCUT2D eigenvalue weighted by molar-refractivity contribution is 5.66. The molecule has 2 heterocycles. The molecule has 1 aliphatic rings. The number of halogens is 1. The topological polar surface area (TPSA) is 31.4 Å². The van der Waals surface area contributed by atoms with Crippen molar-refractivity contribution < 1.29 is 13.9 Å². The number of hydrogen-bond acceptors (Lipinski definition) is 3. The highest BCUT2D eigenvalue weighted by Gasteiger charge is 2.13. The van der Waals surface area contributed by atoms with Gasteiger partial charge in [-0.3, -0.25) is 4.98 Å². The van der Waals surface area contributed by atoms with Crippen molar-refractivity contribution in [2.24, 2.45) is 0 Å². The minimum Gasteiger partial charge on any atom is -0.454 e. The predicted octanol–water partition coefficient (Wildman–Crippen LogP) is 2.62. The first-order valence-electron chi connectivity index (χ1n) is 4.83. The Labute approximate surface area is 91.5 Å². The van der Waals surface area contributed by atoms with E-state index in [1.165, 1.54) is 12.3 Å². The van der Waals surface area contributed by atoms with E-state index in [1.807, 2.05) is 18.2 Å². The molecular formula is C12H8FNO2. The molecule has 16 heavy (non-hydrogen) atoms. The lowest BCUT2D eigenvalue weighted by atomic mass is 10.1. The fourth-order valence-corrected chi connectivity index (χ4v) is 1.65. The Bertz CT molecular complexity index is 542. The third-order valence-corrected chi connectivity index (χ3v) is 2.41. The highest BCUT2D eigenvalue weighted by Crippen LogP contribution is 2.35. The summed E-state index contributed by atoms with van der Waals surface area (Å²) in [6.07, 6.45) is 2.79. The first-order valence-corrected chi connectivity index (χ1v) is 4.83. The number of rotatable bonds is 1. The van der Waals surface area contributed by atoms with Crippen LogP contribution in [-0.4, -0.2) is 11.8 Å². The van der Waals surface area contributed by atoms with Crippen LogP contribution in [-0.2, 0) is 0 Å². The van der Waals surface area contributed by atoms with E-state index in [-0.39, 0.29) is 12.6 Å². The van der Waals surface area contributed by atoms with Crippen molar-refractivity contribution in [3.8, 4) is 22.6 Å². The third-order valence-electron chi connectivity index (χ3n) is 2.41. The normalized spacial score (nSPS) is 12.8. The second-order valence-electron chi connectivity index (χ2n) is 3.46. The molecule has 3 nitrogen and oxygen atoms in total. The molecule has 1 aromatic carbocycles. The van der Waals surface area contributed by atoms with Gasteiger partial charge in [0.15, 0.2) is 11.5 Å². The lowest BCUT2D eigenvalue weighted by molar-refractivity contribution is 0.174. The summed E-state index contributed by atoms with van der Waals surface area (Å²) in [5.41, 5.74) is 1.58. The lowest BCUT2D eigenvalue weighted by Crippen LogP contribution is -1.92. The zero-order valence-corrected chi connectivity index (χ0v) is 8.31. The van der Waals surface area contributed by atoms with Crippen molar-refractivity contribution in [2.75, 3.05) is 6.79 Å². The Morgan fingerprint density at radius 2 is 1.88 bits per heavy atom. The Morgan fingerprint density at radius 3 is 2.75 bits per heavy atom. The summed E-state index contributed by atoms with van der Waals surface area (Å²) in [6, 6.07) is 6.91. The van der Waals surface area contributed by atoms with Crippen molar-refractivity contribution in [3.63, 3.8) is 0 Å². The van der Waals surface area contributed by atoms with E-state index in [4.69, 9.17) is 9.47 Å². The summed E-state index contributed by atoms with van der Waals surface area (Å²) in [4.78, 5) is 3.81. The molecule has 0 bridgehead atoms. The predicted molar refractivity (Wildman–Crippen MR) is 55.8 cm³/mol. The van der Waals surface area contributed by atoms with Gasteiger partial charge in [-0.25, -0.2) is 4.39 Å². The van der Waals surface area contributed by atoms with Crippen LogP contribution in [0.15, 0.2) is 36.7 Å². The van der Waals surface area contributed by atoms with Crippen LogP contribution in [0.4, 0.5) is 4.39 Å². The number of benzene rings is 1. The van der Waals surface area contributed by atoms with Crippen LogP contribution in [0.25, 0.3) is 11.1 Å². The summed E-state index contributed by atoms with van der Waals surface area (Å²) in [7, 11) is 0. The molecule has 0 saturated heterocycles. The van der Waals surface area contributed by atoms with Crippen LogP contribution < -0.4 is 9.47 Å². The second kappa shape index (κ2) is 3.48. The van der Waals surface area contributed by atoms with Gasteiger partial charge in [-0.05, 0) is 23.8 Å². The van der Waals surface area contributed by atoms with Crippen LogP contribution in [0.5, 0.6) is 11.5 Å². The van der Waals surface area contributed by atoms with Gasteiger partial charge in [0.1, 0.15) is 5.82 Å². The van der Waals surface area contributed by atoms with Crippen molar-refractivity contribution in [3.05, 3.63) is 42.5 Å². The summed E-state index contributed by atoms with van der Waals surface area (Å²) in [5, 5.41) is 0. The van der Waals surface area contributed by atoms with Crippen molar-refractivity contribution in [1.82, 2.24) is 4.98 Å². The van der Waals surface area contributed by atoms with Gasteiger partial charge in [0.2, 0.25) is 6.79 Å². The number of nitrogens with zero attached hydrogens (tertiary/aromatic N) is 1. The molecule has 80 valence electrons. The fourth-order valence-electron chi connectivity index (χ4n) is 1.65. The molecule has 1 aromatic heterocycles. The second-order valence-corrected chi connectivity index (χ2v) is 3.46. The van der Waals surface area contributed by atoms with Gasteiger partial charge in [0.05, 0.1) is 6.20 Å². The minimum atomic E-state index is -0.352. The van der Waals surface area contributed by atoms with Crippen LogP contribution in [0.1, 0.15) is 0 Å². The molecule has 0 spiro atoms. The van der Waals surface area contributed by atoms with Crippen LogP contribution >= 0.6 is 0 Å². The molecule has 0 radical (unpaired) electrons. The molecule has 0 amide bonds. The first kappa shape index (κ1) is 9.15. The zero-order chi connectivity index (χ0) is 11.0.